The Kier molecular flexibility index (Phi) is 3.43. The molecule has 1 aromatic heterocycles. The van der Waals surface area contributed by atoms with Crippen molar-refractivity contribution in [3.05, 3.63) is 45.8 Å². The topological polar surface area (TPSA) is 68.3 Å². The summed E-state index contributed by atoms with van der Waals surface area (Å²) in [6.07, 6.45) is 0. The van der Waals surface area contributed by atoms with Gasteiger partial charge in [-0.3, -0.25) is 4.79 Å². The van der Waals surface area contributed by atoms with Crippen LogP contribution in [0.15, 0.2) is 33.4 Å². The molecular weight excluding hydrogens is 296 g/mol. The third-order valence-electron chi connectivity index (χ3n) is 2.75. The molecule has 0 atom stereocenters. The lowest BCUT2D eigenvalue weighted by atomic mass is 10.1. The summed E-state index contributed by atoms with van der Waals surface area (Å²) in [4.78, 5) is 12.0. The first-order valence-corrected chi connectivity index (χ1v) is 6.20. The Morgan fingerprint density at radius 2 is 2.00 bits per heavy atom. The minimum Gasteiger partial charge on any atom is -0.444 e. The molecule has 5 heteroatoms. The van der Waals surface area contributed by atoms with Crippen molar-refractivity contribution < 1.29 is 9.21 Å². The van der Waals surface area contributed by atoms with E-state index in [9.17, 15) is 4.79 Å². The molecule has 4 nitrogen and oxygen atoms in total. The number of hydrogen-bond donors (Lipinski definition) is 2. The Morgan fingerprint density at radius 1 is 1.28 bits per heavy atom. The van der Waals surface area contributed by atoms with Crippen LogP contribution in [-0.4, -0.2) is 5.91 Å². The molecule has 0 aliphatic carbocycles. The quantitative estimate of drug-likeness (QED) is 0.834. The monoisotopic (exact) mass is 308 g/mol. The number of aryl methyl sites for hydroxylation is 1. The van der Waals surface area contributed by atoms with Gasteiger partial charge in [-0.15, -0.1) is 0 Å². The molecule has 0 spiro atoms. The predicted octanol–water partition coefficient (Wildman–Crippen LogP) is 3.49. The van der Waals surface area contributed by atoms with Crippen molar-refractivity contribution in [3.63, 3.8) is 0 Å². The molecular formula is C13H13BrN2O2. The van der Waals surface area contributed by atoms with E-state index in [4.69, 9.17) is 10.2 Å². The predicted molar refractivity (Wildman–Crippen MR) is 74.7 cm³/mol. The van der Waals surface area contributed by atoms with Gasteiger partial charge in [-0.1, -0.05) is 6.07 Å². The summed E-state index contributed by atoms with van der Waals surface area (Å²) in [5.74, 6) is -0.0411. The minimum absolute atomic E-state index is 0.253. The number of furan rings is 1. The molecule has 2 aromatic rings. The van der Waals surface area contributed by atoms with E-state index in [1.54, 1.807) is 12.1 Å². The molecule has 1 amide bonds. The van der Waals surface area contributed by atoms with E-state index >= 15 is 0 Å². The normalized spacial score (nSPS) is 10.4. The molecule has 0 fully saturated rings. The number of hydrogen-bond acceptors (Lipinski definition) is 3. The first-order valence-electron chi connectivity index (χ1n) is 5.41. The van der Waals surface area contributed by atoms with Gasteiger partial charge in [-0.25, -0.2) is 0 Å². The van der Waals surface area contributed by atoms with E-state index in [0.717, 1.165) is 16.8 Å². The minimum atomic E-state index is -0.294. The second-order valence-corrected chi connectivity index (χ2v) is 4.81. The summed E-state index contributed by atoms with van der Waals surface area (Å²) in [5.41, 5.74) is 9.02. The van der Waals surface area contributed by atoms with Crippen LogP contribution in [0.3, 0.4) is 0 Å². The van der Waals surface area contributed by atoms with Gasteiger partial charge in [0.1, 0.15) is 0 Å². The largest absolute Gasteiger partial charge is 0.444 e. The molecule has 0 saturated heterocycles. The van der Waals surface area contributed by atoms with Crippen molar-refractivity contribution in [1.29, 1.82) is 0 Å². The van der Waals surface area contributed by atoms with Gasteiger partial charge in [-0.2, -0.15) is 0 Å². The van der Waals surface area contributed by atoms with Gasteiger partial charge in [0, 0.05) is 11.4 Å². The highest BCUT2D eigenvalue weighted by molar-refractivity contribution is 9.10. The number of amides is 1. The first-order chi connectivity index (χ1) is 8.49. The Balaban J connectivity index is 2.30. The number of halogens is 1. The average molecular weight is 309 g/mol. The molecule has 1 heterocycles. The van der Waals surface area contributed by atoms with E-state index in [0.29, 0.717) is 10.4 Å². The van der Waals surface area contributed by atoms with E-state index in [1.165, 1.54) is 0 Å². The van der Waals surface area contributed by atoms with Crippen molar-refractivity contribution in [2.75, 3.05) is 11.1 Å². The summed E-state index contributed by atoms with van der Waals surface area (Å²) in [6.45, 7) is 3.79. The van der Waals surface area contributed by atoms with Crippen LogP contribution in [0.1, 0.15) is 21.7 Å². The molecule has 3 N–H and O–H groups in total. The molecule has 0 aliphatic heterocycles. The van der Waals surface area contributed by atoms with Crippen LogP contribution in [0.4, 0.5) is 11.4 Å². The number of anilines is 2. The lowest BCUT2D eigenvalue weighted by Gasteiger charge is -2.12. The maximum absolute atomic E-state index is 12.0. The molecule has 1 aromatic carbocycles. The van der Waals surface area contributed by atoms with Crippen molar-refractivity contribution in [3.8, 4) is 0 Å². The van der Waals surface area contributed by atoms with Crippen molar-refractivity contribution >= 4 is 33.2 Å². The Hall–Kier alpha value is -1.75. The number of carbonyl (C=O) groups excluding carboxylic acids is 1. The van der Waals surface area contributed by atoms with Gasteiger partial charge in [0.15, 0.2) is 10.4 Å². The average Bonchev–Trinajstić information content (AvgIpc) is 2.76. The molecule has 94 valence electrons. The highest BCUT2D eigenvalue weighted by Gasteiger charge is 2.14. The summed E-state index contributed by atoms with van der Waals surface area (Å²) < 4.78 is 5.72. The zero-order valence-electron chi connectivity index (χ0n) is 10.1. The van der Waals surface area contributed by atoms with E-state index in [2.05, 4.69) is 21.2 Å². The van der Waals surface area contributed by atoms with Crippen molar-refractivity contribution in [2.24, 2.45) is 0 Å². The number of benzene rings is 1. The fourth-order valence-corrected chi connectivity index (χ4v) is 1.97. The summed E-state index contributed by atoms with van der Waals surface area (Å²) in [5, 5.41) is 2.82. The van der Waals surface area contributed by atoms with E-state index in [-0.39, 0.29) is 11.7 Å². The Labute approximate surface area is 113 Å². The van der Waals surface area contributed by atoms with Gasteiger partial charge in [-0.05, 0) is 59.1 Å². The molecule has 2 rings (SSSR count). The summed E-state index contributed by atoms with van der Waals surface area (Å²) >= 11 is 3.16. The standard InChI is InChI=1S/C13H13BrN2O2/c1-7-3-4-9(15)8(2)12(7)16-13(17)10-5-6-11(14)18-10/h3-6H,15H2,1-2H3,(H,16,17). The van der Waals surface area contributed by atoms with Crippen LogP contribution in [-0.2, 0) is 0 Å². The van der Waals surface area contributed by atoms with Gasteiger partial charge < -0.3 is 15.5 Å². The molecule has 0 bridgehead atoms. The van der Waals surface area contributed by atoms with Crippen LogP contribution < -0.4 is 11.1 Å². The summed E-state index contributed by atoms with van der Waals surface area (Å²) in [7, 11) is 0. The van der Waals surface area contributed by atoms with E-state index < -0.39 is 0 Å². The Bertz CT molecular complexity index is 605. The number of nitrogens with one attached hydrogen (secondary N) is 1. The lowest BCUT2D eigenvalue weighted by molar-refractivity contribution is 0.0995. The van der Waals surface area contributed by atoms with Crippen LogP contribution in [0.25, 0.3) is 0 Å². The van der Waals surface area contributed by atoms with E-state index in [1.807, 2.05) is 26.0 Å². The van der Waals surface area contributed by atoms with Crippen LogP contribution in [0, 0.1) is 13.8 Å². The fourth-order valence-electron chi connectivity index (χ4n) is 1.67. The number of carbonyl (C=O) groups is 1. The molecule has 0 radical (unpaired) electrons. The fraction of sp³-hybridized carbons (Fsp3) is 0.154. The SMILES string of the molecule is Cc1ccc(N)c(C)c1NC(=O)c1ccc(Br)o1. The first kappa shape index (κ1) is 12.7. The molecule has 0 aliphatic rings. The maximum atomic E-state index is 12.0. The maximum Gasteiger partial charge on any atom is 0.291 e. The second-order valence-electron chi connectivity index (χ2n) is 4.03. The highest BCUT2D eigenvalue weighted by Crippen LogP contribution is 2.26. The Morgan fingerprint density at radius 3 is 2.61 bits per heavy atom. The van der Waals surface area contributed by atoms with Gasteiger partial charge in [0.2, 0.25) is 0 Å². The number of nitrogen functional groups attached to an aromatic ring is 1. The molecule has 18 heavy (non-hydrogen) atoms. The highest BCUT2D eigenvalue weighted by atomic mass is 79.9. The molecule has 0 unspecified atom stereocenters. The van der Waals surface area contributed by atoms with Gasteiger partial charge in [0.05, 0.1) is 0 Å². The lowest BCUT2D eigenvalue weighted by Crippen LogP contribution is -2.13. The third kappa shape index (κ3) is 2.41. The van der Waals surface area contributed by atoms with Crippen molar-refractivity contribution in [2.45, 2.75) is 13.8 Å². The van der Waals surface area contributed by atoms with Crippen LogP contribution >= 0.6 is 15.9 Å². The zero-order valence-corrected chi connectivity index (χ0v) is 11.7. The molecule has 0 saturated carbocycles. The van der Waals surface area contributed by atoms with Crippen LogP contribution in [0.2, 0.25) is 0 Å². The van der Waals surface area contributed by atoms with Gasteiger partial charge in [0.25, 0.3) is 5.91 Å². The summed E-state index contributed by atoms with van der Waals surface area (Å²) in [6, 6.07) is 6.98. The van der Waals surface area contributed by atoms with Crippen LogP contribution in [0.5, 0.6) is 0 Å². The number of rotatable bonds is 2. The second kappa shape index (κ2) is 4.86. The zero-order chi connectivity index (χ0) is 13.3. The van der Waals surface area contributed by atoms with Gasteiger partial charge >= 0.3 is 0 Å². The smallest absolute Gasteiger partial charge is 0.291 e. The van der Waals surface area contributed by atoms with Crippen molar-refractivity contribution in [1.82, 2.24) is 0 Å². The number of nitrogens with two attached hydrogens (primary N) is 1. The third-order valence-corrected chi connectivity index (χ3v) is 3.18.